The van der Waals surface area contributed by atoms with E-state index in [-0.39, 0.29) is 24.1 Å². The number of hydrogen-bond donors (Lipinski definition) is 2. The molecule has 0 amide bonds. The average molecular weight is 211 g/mol. The molecule has 1 unspecified atom stereocenters. The Labute approximate surface area is 89.3 Å². The summed E-state index contributed by atoms with van der Waals surface area (Å²) < 4.78 is 0. The Kier molecular flexibility index (Phi) is 4.49. The smallest absolute Gasteiger partial charge is 0.207 e. The molecule has 0 aromatic rings. The van der Waals surface area contributed by atoms with Crippen LogP contribution in [0.25, 0.3) is 0 Å². The molecule has 2 N–H and O–H groups in total. The number of aliphatic hydroxyl groups is 2. The Hall–Kier alpha value is -1.16. The number of aliphatic hydroxyl groups excluding tert-OH is 2. The van der Waals surface area contributed by atoms with Crippen LogP contribution in [-0.4, -0.2) is 28.8 Å². The van der Waals surface area contributed by atoms with Crippen LogP contribution in [0.4, 0.5) is 0 Å². The van der Waals surface area contributed by atoms with Crippen LogP contribution in [0.5, 0.6) is 0 Å². The number of allylic oxidation sites excluding steroid dienone is 2. The van der Waals surface area contributed by atoms with E-state index < -0.39 is 0 Å². The molecule has 0 aromatic heterocycles. The number of ketones is 1. The van der Waals surface area contributed by atoms with E-state index in [1.165, 1.54) is 0 Å². The molecule has 0 saturated carbocycles. The minimum atomic E-state index is -0.285. The third kappa shape index (κ3) is 3.16. The summed E-state index contributed by atoms with van der Waals surface area (Å²) in [6, 6.07) is 0. The molecule has 0 bridgehead atoms. The predicted octanol–water partition coefficient (Wildman–Crippen LogP) is 1.60. The molecule has 1 rings (SSSR count). The monoisotopic (exact) mass is 211 g/mol. The quantitative estimate of drug-likeness (QED) is 0.678. The molecule has 0 radical (unpaired) electrons. The summed E-state index contributed by atoms with van der Waals surface area (Å²) in [6.07, 6.45) is 4.84. The predicted molar refractivity (Wildman–Crippen MR) is 57.9 cm³/mol. The lowest BCUT2D eigenvalue weighted by Crippen LogP contribution is -2.22. The normalized spacial score (nSPS) is 21.2. The molecule has 0 aliphatic carbocycles. The molecule has 84 valence electrons. The van der Waals surface area contributed by atoms with Crippen molar-refractivity contribution in [3.63, 3.8) is 0 Å². The second kappa shape index (κ2) is 5.66. The molecule has 1 heterocycles. The topological polar surface area (TPSA) is 69.9 Å². The van der Waals surface area contributed by atoms with Crippen molar-refractivity contribution in [2.24, 2.45) is 10.9 Å². The van der Waals surface area contributed by atoms with Crippen LogP contribution in [-0.2, 0) is 4.79 Å². The van der Waals surface area contributed by atoms with E-state index in [2.05, 4.69) is 4.99 Å². The molecule has 15 heavy (non-hydrogen) atoms. The Morgan fingerprint density at radius 2 is 2.13 bits per heavy atom. The first-order valence-corrected chi connectivity index (χ1v) is 5.26. The van der Waals surface area contributed by atoms with Crippen molar-refractivity contribution >= 4 is 12.0 Å². The number of rotatable bonds is 5. The number of Topliss-reactive ketones (excluding diaryl/α,β-unsaturated/α-hetero) is 1. The minimum Gasteiger partial charge on any atom is -0.503 e. The van der Waals surface area contributed by atoms with Crippen molar-refractivity contribution in [1.29, 1.82) is 0 Å². The first-order valence-electron chi connectivity index (χ1n) is 5.26. The maximum atomic E-state index is 11.6. The summed E-state index contributed by atoms with van der Waals surface area (Å²) in [6.45, 7) is 1.81. The molecule has 0 spiro atoms. The van der Waals surface area contributed by atoms with Gasteiger partial charge in [-0.3, -0.25) is 9.79 Å². The van der Waals surface area contributed by atoms with Crippen molar-refractivity contribution in [3.8, 4) is 0 Å². The van der Waals surface area contributed by atoms with Gasteiger partial charge in [0.15, 0.2) is 5.76 Å². The van der Waals surface area contributed by atoms with Gasteiger partial charge in [0.1, 0.15) is 0 Å². The van der Waals surface area contributed by atoms with Gasteiger partial charge in [-0.15, -0.1) is 0 Å². The highest BCUT2D eigenvalue weighted by atomic mass is 16.3. The van der Waals surface area contributed by atoms with Gasteiger partial charge in [-0.1, -0.05) is 12.8 Å². The SMILES string of the molecule is CC1=C(O)C(=O)C(CCCCCO)C=N1. The Bertz CT molecular complexity index is 294. The van der Waals surface area contributed by atoms with Gasteiger partial charge in [0.2, 0.25) is 5.78 Å². The van der Waals surface area contributed by atoms with Crippen LogP contribution in [0.3, 0.4) is 0 Å². The van der Waals surface area contributed by atoms with E-state index >= 15 is 0 Å². The molecule has 1 aliphatic heterocycles. The van der Waals surface area contributed by atoms with Gasteiger partial charge in [0.05, 0.1) is 11.6 Å². The van der Waals surface area contributed by atoms with Crippen LogP contribution in [0.1, 0.15) is 32.6 Å². The van der Waals surface area contributed by atoms with E-state index in [0.717, 1.165) is 19.3 Å². The summed E-state index contributed by atoms with van der Waals surface area (Å²) in [7, 11) is 0. The van der Waals surface area contributed by atoms with Crippen molar-refractivity contribution in [3.05, 3.63) is 11.5 Å². The highest BCUT2D eigenvalue weighted by molar-refractivity contribution is 6.06. The number of nitrogens with zero attached hydrogens (tertiary/aromatic N) is 1. The Balaban J connectivity index is 2.40. The third-order valence-corrected chi connectivity index (χ3v) is 2.53. The van der Waals surface area contributed by atoms with Crippen LogP contribution in [0.2, 0.25) is 0 Å². The molecular weight excluding hydrogens is 194 g/mol. The van der Waals surface area contributed by atoms with Gasteiger partial charge in [-0.2, -0.15) is 0 Å². The summed E-state index contributed by atoms with van der Waals surface area (Å²) in [5.74, 6) is -0.719. The summed E-state index contributed by atoms with van der Waals surface area (Å²) >= 11 is 0. The van der Waals surface area contributed by atoms with Crippen LogP contribution < -0.4 is 0 Å². The number of carbonyl (C=O) groups excluding carboxylic acids is 1. The fraction of sp³-hybridized carbons (Fsp3) is 0.636. The molecular formula is C11H17NO3. The summed E-state index contributed by atoms with van der Waals surface area (Å²) in [4.78, 5) is 15.5. The van der Waals surface area contributed by atoms with Crippen molar-refractivity contribution < 1.29 is 15.0 Å². The van der Waals surface area contributed by atoms with E-state index in [4.69, 9.17) is 5.11 Å². The van der Waals surface area contributed by atoms with Gasteiger partial charge in [0, 0.05) is 12.8 Å². The zero-order valence-electron chi connectivity index (χ0n) is 8.94. The maximum absolute atomic E-state index is 11.6. The fourth-order valence-corrected chi connectivity index (χ4v) is 1.54. The van der Waals surface area contributed by atoms with Crippen molar-refractivity contribution in [2.45, 2.75) is 32.6 Å². The van der Waals surface area contributed by atoms with Crippen molar-refractivity contribution in [2.75, 3.05) is 6.61 Å². The molecule has 4 nitrogen and oxygen atoms in total. The number of aliphatic imine (C=N–C) groups is 1. The number of unbranched alkanes of at least 4 members (excludes halogenated alkanes) is 2. The van der Waals surface area contributed by atoms with Crippen LogP contribution >= 0.6 is 0 Å². The first kappa shape index (κ1) is 11.9. The average Bonchev–Trinajstić information content (AvgIpc) is 2.24. The molecule has 1 aliphatic rings. The van der Waals surface area contributed by atoms with Crippen molar-refractivity contribution in [1.82, 2.24) is 0 Å². The molecule has 0 aromatic carbocycles. The molecule has 4 heteroatoms. The highest BCUT2D eigenvalue weighted by Crippen LogP contribution is 2.19. The lowest BCUT2D eigenvalue weighted by Gasteiger charge is -2.15. The molecule has 0 fully saturated rings. The first-order chi connectivity index (χ1) is 7.16. The summed E-state index contributed by atoms with van der Waals surface area (Å²) in [5, 5.41) is 18.0. The zero-order chi connectivity index (χ0) is 11.3. The van der Waals surface area contributed by atoms with E-state index in [0.29, 0.717) is 12.1 Å². The lowest BCUT2D eigenvalue weighted by atomic mass is 9.94. The van der Waals surface area contributed by atoms with Gasteiger partial charge >= 0.3 is 0 Å². The zero-order valence-corrected chi connectivity index (χ0v) is 8.94. The number of carbonyl (C=O) groups is 1. The van der Waals surface area contributed by atoms with Gasteiger partial charge in [-0.25, -0.2) is 0 Å². The second-order valence-electron chi connectivity index (χ2n) is 3.76. The Morgan fingerprint density at radius 1 is 1.40 bits per heavy atom. The van der Waals surface area contributed by atoms with E-state index in [9.17, 15) is 9.90 Å². The summed E-state index contributed by atoms with van der Waals surface area (Å²) in [5.41, 5.74) is 0.395. The largest absolute Gasteiger partial charge is 0.503 e. The van der Waals surface area contributed by atoms with E-state index in [1.54, 1.807) is 13.1 Å². The van der Waals surface area contributed by atoms with Gasteiger partial charge < -0.3 is 10.2 Å². The second-order valence-corrected chi connectivity index (χ2v) is 3.76. The molecule has 1 atom stereocenters. The van der Waals surface area contributed by atoms with Crippen LogP contribution in [0, 0.1) is 5.92 Å². The van der Waals surface area contributed by atoms with Gasteiger partial charge in [-0.05, 0) is 19.8 Å². The highest BCUT2D eigenvalue weighted by Gasteiger charge is 2.24. The van der Waals surface area contributed by atoms with Crippen LogP contribution in [0.15, 0.2) is 16.4 Å². The third-order valence-electron chi connectivity index (χ3n) is 2.53. The Morgan fingerprint density at radius 3 is 2.80 bits per heavy atom. The number of hydrogen-bond acceptors (Lipinski definition) is 4. The van der Waals surface area contributed by atoms with Gasteiger partial charge in [0.25, 0.3) is 0 Å². The minimum absolute atomic E-state index is 0.191. The fourth-order valence-electron chi connectivity index (χ4n) is 1.54. The maximum Gasteiger partial charge on any atom is 0.207 e. The lowest BCUT2D eigenvalue weighted by molar-refractivity contribution is -0.120. The standard InChI is InChI=1S/C11H17NO3/c1-8-10(14)11(15)9(7-12-8)5-3-2-4-6-13/h7,9,13-14H,2-6H2,1H3. The molecule has 0 saturated heterocycles. The van der Waals surface area contributed by atoms with E-state index in [1.807, 2.05) is 0 Å².